The van der Waals surface area contributed by atoms with Gasteiger partial charge in [0.05, 0.1) is 0 Å². The number of rotatable bonds is 3. The average Bonchev–Trinajstić information content (AvgIpc) is 2.59. The predicted molar refractivity (Wildman–Crippen MR) is 79.4 cm³/mol. The van der Waals surface area contributed by atoms with E-state index in [1.165, 1.54) is 6.42 Å². The van der Waals surface area contributed by atoms with Crippen LogP contribution in [0.2, 0.25) is 0 Å². The van der Waals surface area contributed by atoms with Crippen molar-refractivity contribution in [2.45, 2.75) is 39.2 Å². The van der Waals surface area contributed by atoms with Crippen LogP contribution < -0.4 is 10.6 Å². The second kappa shape index (κ2) is 6.19. The highest BCUT2D eigenvalue weighted by Crippen LogP contribution is 2.26. The van der Waals surface area contributed by atoms with Crippen molar-refractivity contribution in [1.82, 2.24) is 14.9 Å². The van der Waals surface area contributed by atoms with Crippen LogP contribution in [0, 0.1) is 0 Å². The Morgan fingerprint density at radius 1 is 1.32 bits per heavy atom. The maximum absolute atomic E-state index is 6.00. The Hall–Kier alpha value is -1.36. The molecule has 0 amide bonds. The number of hydrogen-bond donors (Lipinski definition) is 1. The first-order valence-corrected chi connectivity index (χ1v) is 7.21. The van der Waals surface area contributed by atoms with Gasteiger partial charge in [0, 0.05) is 24.7 Å². The molecule has 19 heavy (non-hydrogen) atoms. The fraction of sp³-hybridized carbons (Fsp3) is 0.714. The highest BCUT2D eigenvalue weighted by atomic mass is 15.3. The molecule has 2 N–H and O–H groups in total. The Kier molecular flexibility index (Phi) is 4.58. The summed E-state index contributed by atoms with van der Waals surface area (Å²) in [6.45, 7) is 7.64. The molecule has 1 fully saturated rings. The summed E-state index contributed by atoms with van der Waals surface area (Å²) in [6.07, 6.45) is 4.76. The van der Waals surface area contributed by atoms with Crippen molar-refractivity contribution in [3.8, 4) is 0 Å². The molecule has 1 saturated heterocycles. The van der Waals surface area contributed by atoms with Crippen molar-refractivity contribution >= 4 is 11.6 Å². The third-order valence-corrected chi connectivity index (χ3v) is 3.95. The summed E-state index contributed by atoms with van der Waals surface area (Å²) in [5.41, 5.74) is 7.09. The summed E-state index contributed by atoms with van der Waals surface area (Å²) in [5.74, 6) is 1.66. The van der Waals surface area contributed by atoms with Crippen molar-refractivity contribution in [3.63, 3.8) is 0 Å². The number of nitrogen functional groups attached to an aromatic ring is 1. The van der Waals surface area contributed by atoms with Crippen LogP contribution in [0.25, 0.3) is 0 Å². The quantitative estimate of drug-likeness (QED) is 0.896. The minimum absolute atomic E-state index is 0.507. The zero-order valence-corrected chi connectivity index (χ0v) is 12.3. The molecule has 1 aromatic rings. The molecule has 0 aromatic carbocycles. The molecule has 1 unspecified atom stereocenters. The van der Waals surface area contributed by atoms with Gasteiger partial charge in [-0.3, -0.25) is 0 Å². The van der Waals surface area contributed by atoms with Gasteiger partial charge in [0.2, 0.25) is 0 Å². The van der Waals surface area contributed by atoms with Crippen molar-refractivity contribution < 1.29 is 0 Å². The molecule has 1 aliphatic heterocycles. The van der Waals surface area contributed by atoms with E-state index < -0.39 is 0 Å². The van der Waals surface area contributed by atoms with E-state index in [0.29, 0.717) is 11.9 Å². The summed E-state index contributed by atoms with van der Waals surface area (Å²) in [5, 5.41) is 0. The normalized spacial score (nSPS) is 21.4. The van der Waals surface area contributed by atoms with Crippen LogP contribution in [0.15, 0.2) is 6.33 Å². The smallest absolute Gasteiger partial charge is 0.137 e. The lowest BCUT2D eigenvalue weighted by Crippen LogP contribution is -2.41. The van der Waals surface area contributed by atoms with Gasteiger partial charge in [-0.05, 0) is 32.9 Å². The molecule has 0 saturated carbocycles. The number of likely N-dealkylation sites (N-methyl/N-ethyl adjacent to an activating group) is 1. The zero-order chi connectivity index (χ0) is 13.8. The summed E-state index contributed by atoms with van der Waals surface area (Å²) in [7, 11) is 2.20. The number of anilines is 2. The van der Waals surface area contributed by atoms with Gasteiger partial charge in [-0.25, -0.2) is 9.97 Å². The Labute approximate surface area is 115 Å². The van der Waals surface area contributed by atoms with Gasteiger partial charge >= 0.3 is 0 Å². The SMILES string of the molecule is CCc1c(N)ncnc1N1CCCN(C)CC1CC. The first-order chi connectivity index (χ1) is 9.17. The lowest BCUT2D eigenvalue weighted by Gasteiger charge is -2.32. The van der Waals surface area contributed by atoms with Crippen LogP contribution in [0.4, 0.5) is 11.6 Å². The Morgan fingerprint density at radius 3 is 2.79 bits per heavy atom. The lowest BCUT2D eigenvalue weighted by atomic mass is 10.1. The van der Waals surface area contributed by atoms with E-state index in [9.17, 15) is 0 Å². The highest BCUT2D eigenvalue weighted by Gasteiger charge is 2.25. The Bertz CT molecular complexity index is 420. The number of aromatic nitrogens is 2. The van der Waals surface area contributed by atoms with Gasteiger partial charge in [-0.2, -0.15) is 0 Å². The van der Waals surface area contributed by atoms with Gasteiger partial charge < -0.3 is 15.5 Å². The maximum Gasteiger partial charge on any atom is 0.137 e. The van der Waals surface area contributed by atoms with E-state index >= 15 is 0 Å². The molecule has 1 aliphatic rings. The van der Waals surface area contributed by atoms with E-state index in [2.05, 4.69) is 40.7 Å². The van der Waals surface area contributed by atoms with Crippen molar-refractivity contribution in [3.05, 3.63) is 11.9 Å². The second-order valence-electron chi connectivity index (χ2n) is 5.29. The minimum Gasteiger partial charge on any atom is -0.383 e. The monoisotopic (exact) mass is 263 g/mol. The number of nitrogens with two attached hydrogens (primary N) is 1. The number of hydrogen-bond acceptors (Lipinski definition) is 5. The van der Waals surface area contributed by atoms with E-state index in [1.807, 2.05) is 0 Å². The van der Waals surface area contributed by atoms with E-state index in [1.54, 1.807) is 6.33 Å². The summed E-state index contributed by atoms with van der Waals surface area (Å²) < 4.78 is 0. The molecule has 0 bridgehead atoms. The van der Waals surface area contributed by atoms with E-state index in [-0.39, 0.29) is 0 Å². The molecule has 2 rings (SSSR count). The van der Waals surface area contributed by atoms with Gasteiger partial charge in [0.25, 0.3) is 0 Å². The van der Waals surface area contributed by atoms with Crippen molar-refractivity contribution in [2.75, 3.05) is 37.3 Å². The Balaban J connectivity index is 2.35. The van der Waals surface area contributed by atoms with Gasteiger partial charge in [0.15, 0.2) is 0 Å². The van der Waals surface area contributed by atoms with E-state index in [0.717, 1.165) is 43.9 Å². The summed E-state index contributed by atoms with van der Waals surface area (Å²) in [4.78, 5) is 13.5. The maximum atomic E-state index is 6.00. The second-order valence-corrected chi connectivity index (χ2v) is 5.29. The fourth-order valence-corrected chi connectivity index (χ4v) is 2.87. The van der Waals surface area contributed by atoms with Crippen LogP contribution >= 0.6 is 0 Å². The third kappa shape index (κ3) is 2.97. The van der Waals surface area contributed by atoms with Crippen molar-refractivity contribution in [1.29, 1.82) is 0 Å². The molecular weight excluding hydrogens is 238 g/mol. The lowest BCUT2D eigenvalue weighted by molar-refractivity contribution is 0.327. The van der Waals surface area contributed by atoms with Gasteiger partial charge in [-0.15, -0.1) is 0 Å². The predicted octanol–water partition coefficient (Wildman–Crippen LogP) is 1.54. The molecule has 5 nitrogen and oxygen atoms in total. The average molecular weight is 263 g/mol. The molecule has 106 valence electrons. The van der Waals surface area contributed by atoms with E-state index in [4.69, 9.17) is 5.73 Å². The van der Waals surface area contributed by atoms with Gasteiger partial charge in [-0.1, -0.05) is 13.8 Å². The first-order valence-electron chi connectivity index (χ1n) is 7.21. The Morgan fingerprint density at radius 2 is 2.11 bits per heavy atom. The zero-order valence-electron chi connectivity index (χ0n) is 12.3. The standard InChI is InChI=1S/C14H25N5/c1-4-11-9-18(3)7-6-8-19(11)14-12(5-2)13(15)16-10-17-14/h10-11H,4-9H2,1-3H3,(H2,15,16,17). The molecule has 1 atom stereocenters. The molecule has 0 aliphatic carbocycles. The largest absolute Gasteiger partial charge is 0.383 e. The van der Waals surface area contributed by atoms with Crippen LogP contribution in [0.3, 0.4) is 0 Å². The molecular formula is C14H25N5. The molecule has 2 heterocycles. The van der Waals surface area contributed by atoms with Crippen LogP contribution in [-0.4, -0.2) is 47.6 Å². The third-order valence-electron chi connectivity index (χ3n) is 3.95. The topological polar surface area (TPSA) is 58.3 Å². The molecule has 0 spiro atoms. The highest BCUT2D eigenvalue weighted by molar-refractivity contribution is 5.57. The van der Waals surface area contributed by atoms with Crippen LogP contribution in [0.1, 0.15) is 32.3 Å². The molecule has 5 heteroatoms. The van der Waals surface area contributed by atoms with Crippen LogP contribution in [-0.2, 0) is 6.42 Å². The summed E-state index contributed by atoms with van der Waals surface area (Å²) in [6, 6.07) is 0.507. The van der Waals surface area contributed by atoms with Crippen LogP contribution in [0.5, 0.6) is 0 Å². The molecule has 0 radical (unpaired) electrons. The minimum atomic E-state index is 0.507. The van der Waals surface area contributed by atoms with Gasteiger partial charge in [0.1, 0.15) is 18.0 Å². The number of nitrogens with zero attached hydrogens (tertiary/aromatic N) is 4. The molecule has 1 aromatic heterocycles. The first kappa shape index (κ1) is 14.1. The summed E-state index contributed by atoms with van der Waals surface area (Å²) >= 11 is 0. The fourth-order valence-electron chi connectivity index (χ4n) is 2.87. The van der Waals surface area contributed by atoms with Crippen molar-refractivity contribution in [2.24, 2.45) is 0 Å².